The molecule has 0 aliphatic heterocycles. The van der Waals surface area contributed by atoms with Crippen molar-refractivity contribution in [3.8, 4) is 0 Å². The number of carbonyl (C=O) groups excluding carboxylic acids is 1. The molecule has 0 radical (unpaired) electrons. The normalized spacial score (nSPS) is 17.6. The first kappa shape index (κ1) is 13.1. The molecule has 0 spiro atoms. The van der Waals surface area contributed by atoms with E-state index < -0.39 is 11.4 Å². The first-order chi connectivity index (χ1) is 8.53. The summed E-state index contributed by atoms with van der Waals surface area (Å²) >= 11 is 3.11. The van der Waals surface area contributed by atoms with E-state index in [0.29, 0.717) is 17.5 Å². The van der Waals surface area contributed by atoms with Gasteiger partial charge in [0.15, 0.2) is 10.4 Å². The van der Waals surface area contributed by atoms with Gasteiger partial charge < -0.3 is 14.8 Å². The molecule has 18 heavy (non-hydrogen) atoms. The Bertz CT molecular complexity index is 462. The highest BCUT2D eigenvalue weighted by Gasteiger charge is 2.41. The van der Waals surface area contributed by atoms with E-state index in [2.05, 4.69) is 21.2 Å². The minimum Gasteiger partial charge on any atom is -0.481 e. The number of rotatable bonds is 4. The fourth-order valence-electron chi connectivity index (χ4n) is 2.29. The van der Waals surface area contributed by atoms with E-state index in [-0.39, 0.29) is 18.2 Å². The van der Waals surface area contributed by atoms with Crippen LogP contribution in [0.15, 0.2) is 21.2 Å². The molecule has 2 N–H and O–H groups in total. The average molecular weight is 316 g/mol. The fourth-order valence-corrected chi connectivity index (χ4v) is 2.60. The van der Waals surface area contributed by atoms with Gasteiger partial charge in [-0.2, -0.15) is 0 Å². The van der Waals surface area contributed by atoms with Gasteiger partial charge in [0.05, 0.1) is 5.41 Å². The fraction of sp³-hybridized carbons (Fsp3) is 0.500. The monoisotopic (exact) mass is 315 g/mol. The second-order valence-electron chi connectivity index (χ2n) is 4.58. The third-order valence-electron chi connectivity index (χ3n) is 3.40. The molecule has 1 fully saturated rings. The van der Waals surface area contributed by atoms with Gasteiger partial charge in [-0.25, -0.2) is 0 Å². The van der Waals surface area contributed by atoms with Gasteiger partial charge in [-0.05, 0) is 40.9 Å². The van der Waals surface area contributed by atoms with Gasteiger partial charge in [-0.1, -0.05) is 12.8 Å². The number of furan rings is 1. The molecule has 1 saturated carbocycles. The first-order valence-electron chi connectivity index (χ1n) is 5.80. The molecule has 0 bridgehead atoms. The number of hydrogen-bond donors (Lipinski definition) is 2. The summed E-state index contributed by atoms with van der Waals surface area (Å²) in [7, 11) is 0. The molecule has 2 rings (SSSR count). The van der Waals surface area contributed by atoms with Crippen LogP contribution in [0.5, 0.6) is 0 Å². The standard InChI is InChI=1S/C12H14BrNO4/c13-9-4-3-8(18-9)10(15)14-7-12(11(16)17)5-1-2-6-12/h3-4H,1-2,5-7H2,(H,14,15)(H,16,17). The summed E-state index contributed by atoms with van der Waals surface area (Å²) in [5, 5.41) is 11.9. The lowest BCUT2D eigenvalue weighted by atomic mass is 9.86. The van der Waals surface area contributed by atoms with Crippen molar-refractivity contribution in [3.05, 3.63) is 22.6 Å². The lowest BCUT2D eigenvalue weighted by molar-refractivity contribution is -0.148. The maximum atomic E-state index is 11.8. The van der Waals surface area contributed by atoms with Crippen LogP contribution in [0.25, 0.3) is 0 Å². The van der Waals surface area contributed by atoms with Crippen LogP contribution in [0.4, 0.5) is 0 Å². The Morgan fingerprint density at radius 2 is 2.06 bits per heavy atom. The van der Waals surface area contributed by atoms with Crippen LogP contribution < -0.4 is 5.32 Å². The highest BCUT2D eigenvalue weighted by Crippen LogP contribution is 2.37. The molecule has 1 heterocycles. The average Bonchev–Trinajstić information content (AvgIpc) is 2.95. The van der Waals surface area contributed by atoms with Gasteiger partial charge in [0.25, 0.3) is 5.91 Å². The number of amides is 1. The maximum Gasteiger partial charge on any atom is 0.311 e. The molecule has 1 aliphatic carbocycles. The SMILES string of the molecule is O=C(NCC1(C(=O)O)CCCC1)c1ccc(Br)o1. The summed E-state index contributed by atoms with van der Waals surface area (Å²) in [6.45, 7) is 0.152. The lowest BCUT2D eigenvalue weighted by Crippen LogP contribution is -2.41. The number of aliphatic carboxylic acids is 1. The van der Waals surface area contributed by atoms with E-state index in [1.165, 1.54) is 0 Å². The van der Waals surface area contributed by atoms with E-state index in [1.807, 2.05) is 0 Å². The van der Waals surface area contributed by atoms with Gasteiger partial charge in [-0.3, -0.25) is 9.59 Å². The molecule has 0 aromatic carbocycles. The van der Waals surface area contributed by atoms with Gasteiger partial charge in [0.1, 0.15) is 0 Å². The number of carboxylic acids is 1. The Balaban J connectivity index is 1.98. The predicted octanol–water partition coefficient (Wildman–Crippen LogP) is 2.42. The quantitative estimate of drug-likeness (QED) is 0.894. The van der Waals surface area contributed by atoms with E-state index in [9.17, 15) is 14.7 Å². The molecular formula is C12H14BrNO4. The summed E-state index contributed by atoms with van der Waals surface area (Å²) in [4.78, 5) is 23.1. The van der Waals surface area contributed by atoms with Crippen LogP contribution in [0.3, 0.4) is 0 Å². The van der Waals surface area contributed by atoms with Gasteiger partial charge in [-0.15, -0.1) is 0 Å². The maximum absolute atomic E-state index is 11.8. The van der Waals surface area contributed by atoms with E-state index in [4.69, 9.17) is 4.42 Å². The van der Waals surface area contributed by atoms with E-state index >= 15 is 0 Å². The van der Waals surface area contributed by atoms with Crippen molar-refractivity contribution in [2.45, 2.75) is 25.7 Å². The number of hydrogen-bond acceptors (Lipinski definition) is 3. The molecule has 1 aromatic rings. The van der Waals surface area contributed by atoms with Crippen molar-refractivity contribution in [1.82, 2.24) is 5.32 Å². The Labute approximate surface area is 113 Å². The smallest absolute Gasteiger partial charge is 0.311 e. The van der Waals surface area contributed by atoms with Crippen molar-refractivity contribution >= 4 is 27.8 Å². The molecule has 0 saturated heterocycles. The Morgan fingerprint density at radius 1 is 1.39 bits per heavy atom. The third kappa shape index (κ3) is 2.58. The van der Waals surface area contributed by atoms with Crippen LogP contribution in [0, 0.1) is 5.41 Å². The lowest BCUT2D eigenvalue weighted by Gasteiger charge is -2.23. The van der Waals surface area contributed by atoms with Crippen LogP contribution in [-0.4, -0.2) is 23.5 Å². The van der Waals surface area contributed by atoms with E-state index in [0.717, 1.165) is 12.8 Å². The summed E-state index contributed by atoms with van der Waals surface area (Å²) < 4.78 is 5.58. The predicted molar refractivity (Wildman–Crippen MR) is 67.3 cm³/mol. The van der Waals surface area contributed by atoms with Gasteiger partial charge in [0, 0.05) is 6.54 Å². The second kappa shape index (κ2) is 5.14. The molecule has 1 amide bonds. The van der Waals surface area contributed by atoms with Crippen molar-refractivity contribution < 1.29 is 19.1 Å². The minimum absolute atomic E-state index is 0.152. The number of carboxylic acid groups (broad SMARTS) is 1. The summed E-state index contributed by atoms with van der Waals surface area (Å²) in [6, 6.07) is 3.17. The van der Waals surface area contributed by atoms with Crippen molar-refractivity contribution in [2.24, 2.45) is 5.41 Å². The Morgan fingerprint density at radius 3 is 2.56 bits per heavy atom. The second-order valence-corrected chi connectivity index (χ2v) is 5.36. The van der Waals surface area contributed by atoms with Crippen LogP contribution in [-0.2, 0) is 4.79 Å². The van der Waals surface area contributed by atoms with Crippen molar-refractivity contribution in [2.75, 3.05) is 6.54 Å². The van der Waals surface area contributed by atoms with Crippen LogP contribution >= 0.6 is 15.9 Å². The molecule has 1 aromatic heterocycles. The number of nitrogens with one attached hydrogen (secondary N) is 1. The van der Waals surface area contributed by atoms with Crippen molar-refractivity contribution in [1.29, 1.82) is 0 Å². The highest BCUT2D eigenvalue weighted by atomic mass is 79.9. The zero-order valence-electron chi connectivity index (χ0n) is 9.74. The summed E-state index contributed by atoms with van der Waals surface area (Å²) in [5.41, 5.74) is -0.806. The van der Waals surface area contributed by atoms with E-state index in [1.54, 1.807) is 12.1 Å². The molecule has 6 heteroatoms. The number of halogens is 1. The molecule has 0 unspecified atom stereocenters. The molecule has 1 aliphatic rings. The molecule has 98 valence electrons. The first-order valence-corrected chi connectivity index (χ1v) is 6.60. The van der Waals surface area contributed by atoms with Crippen LogP contribution in [0.2, 0.25) is 0 Å². The van der Waals surface area contributed by atoms with Gasteiger partial charge >= 0.3 is 5.97 Å². The Kier molecular flexibility index (Phi) is 3.75. The molecule has 5 nitrogen and oxygen atoms in total. The molecule has 0 atom stereocenters. The largest absolute Gasteiger partial charge is 0.481 e. The Hall–Kier alpha value is -1.30. The van der Waals surface area contributed by atoms with Crippen molar-refractivity contribution in [3.63, 3.8) is 0 Å². The third-order valence-corrected chi connectivity index (χ3v) is 3.82. The minimum atomic E-state index is -0.832. The van der Waals surface area contributed by atoms with Gasteiger partial charge in [0.2, 0.25) is 0 Å². The highest BCUT2D eigenvalue weighted by molar-refractivity contribution is 9.10. The molecular weight excluding hydrogens is 302 g/mol. The summed E-state index contributed by atoms with van der Waals surface area (Å²) in [6.07, 6.45) is 3.03. The zero-order valence-corrected chi connectivity index (χ0v) is 11.3. The zero-order chi connectivity index (χ0) is 13.2. The topological polar surface area (TPSA) is 79.5 Å². The van der Waals surface area contributed by atoms with Crippen LogP contribution in [0.1, 0.15) is 36.2 Å². The summed E-state index contributed by atoms with van der Waals surface area (Å²) in [5.74, 6) is -1.03. The number of carbonyl (C=O) groups is 2.